The van der Waals surface area contributed by atoms with Gasteiger partial charge in [0.2, 0.25) is 0 Å². The van der Waals surface area contributed by atoms with Gasteiger partial charge in [0.15, 0.2) is 0 Å². The monoisotopic (exact) mass is 301 g/mol. The molecule has 0 aliphatic carbocycles. The van der Waals surface area contributed by atoms with Gasteiger partial charge in [0, 0.05) is 10.7 Å². The van der Waals surface area contributed by atoms with Gasteiger partial charge in [-0.25, -0.2) is 5.43 Å². The van der Waals surface area contributed by atoms with Crippen molar-refractivity contribution in [2.75, 3.05) is 5.32 Å². The minimum absolute atomic E-state index is 0.478. The number of rotatable bonds is 3. The summed E-state index contributed by atoms with van der Waals surface area (Å²) in [5, 5.41) is 6.69. The van der Waals surface area contributed by atoms with Crippen molar-refractivity contribution in [3.63, 3.8) is 0 Å². The minimum Gasteiger partial charge on any atom is -0.318 e. The summed E-state index contributed by atoms with van der Waals surface area (Å²) in [6.45, 7) is 0. The van der Waals surface area contributed by atoms with E-state index in [-0.39, 0.29) is 0 Å². The van der Waals surface area contributed by atoms with Crippen LogP contribution in [0.15, 0.2) is 59.7 Å². The van der Waals surface area contributed by atoms with E-state index < -0.39 is 11.8 Å². The zero-order chi connectivity index (χ0) is 15.1. The number of hydrazone groups is 1. The third-order valence-corrected chi connectivity index (χ3v) is 2.74. The molecule has 0 unspecified atom stereocenters. The van der Waals surface area contributed by atoms with Crippen LogP contribution in [0.1, 0.15) is 5.56 Å². The Morgan fingerprint density at radius 3 is 2.29 bits per heavy atom. The molecule has 0 fully saturated rings. The number of benzene rings is 2. The number of hydrogen-bond donors (Lipinski definition) is 2. The quantitative estimate of drug-likeness (QED) is 0.519. The first-order valence-electron chi connectivity index (χ1n) is 6.10. The van der Waals surface area contributed by atoms with Gasteiger partial charge in [0.1, 0.15) is 0 Å². The summed E-state index contributed by atoms with van der Waals surface area (Å²) in [6.07, 6.45) is 1.45. The van der Waals surface area contributed by atoms with E-state index in [1.54, 1.807) is 24.3 Å². The summed E-state index contributed by atoms with van der Waals surface area (Å²) >= 11 is 5.73. The number of nitrogens with zero attached hydrogens (tertiary/aromatic N) is 1. The molecule has 2 amide bonds. The summed E-state index contributed by atoms with van der Waals surface area (Å²) in [6, 6.07) is 15.6. The van der Waals surface area contributed by atoms with Gasteiger partial charge in [0.25, 0.3) is 0 Å². The van der Waals surface area contributed by atoms with Gasteiger partial charge in [-0.2, -0.15) is 5.10 Å². The number of anilines is 1. The van der Waals surface area contributed by atoms with E-state index in [4.69, 9.17) is 11.6 Å². The molecule has 0 saturated carbocycles. The Labute approximate surface area is 126 Å². The molecular formula is C15H12ClN3O2. The van der Waals surface area contributed by atoms with Crippen molar-refractivity contribution >= 4 is 35.3 Å². The number of nitrogens with one attached hydrogen (secondary N) is 2. The van der Waals surface area contributed by atoms with Crippen LogP contribution in [0, 0.1) is 0 Å². The fraction of sp³-hybridized carbons (Fsp3) is 0. The lowest BCUT2D eigenvalue weighted by atomic mass is 10.2. The molecule has 0 aromatic heterocycles. The highest BCUT2D eigenvalue weighted by molar-refractivity contribution is 6.39. The average molecular weight is 302 g/mol. The van der Waals surface area contributed by atoms with Gasteiger partial charge in [-0.3, -0.25) is 9.59 Å². The summed E-state index contributed by atoms with van der Waals surface area (Å²) in [7, 11) is 0. The van der Waals surface area contributed by atoms with Crippen molar-refractivity contribution in [3.05, 3.63) is 65.2 Å². The van der Waals surface area contributed by atoms with Crippen LogP contribution in [0.25, 0.3) is 0 Å². The van der Waals surface area contributed by atoms with Crippen LogP contribution >= 0.6 is 11.6 Å². The standard InChI is InChI=1S/C15H12ClN3O2/c16-12-6-8-13(9-7-12)18-14(20)15(21)19-17-10-11-4-2-1-3-5-11/h1-10H,(H,18,20)(H,19,21)/b17-10+. The highest BCUT2D eigenvalue weighted by Crippen LogP contribution is 2.13. The third-order valence-electron chi connectivity index (χ3n) is 2.49. The molecule has 2 aromatic rings. The van der Waals surface area contributed by atoms with Crippen LogP contribution in [-0.2, 0) is 9.59 Å². The van der Waals surface area contributed by atoms with E-state index >= 15 is 0 Å². The molecule has 0 heterocycles. The molecule has 2 aromatic carbocycles. The smallest absolute Gasteiger partial charge is 0.318 e. The van der Waals surface area contributed by atoms with Crippen LogP contribution in [0.2, 0.25) is 5.02 Å². The SMILES string of the molecule is O=C(N/N=C/c1ccccc1)C(=O)Nc1ccc(Cl)cc1. The molecule has 0 atom stereocenters. The first-order chi connectivity index (χ1) is 10.1. The van der Waals surface area contributed by atoms with Crippen molar-refractivity contribution in [2.24, 2.45) is 5.10 Å². The molecule has 0 saturated heterocycles. The molecule has 0 aliphatic heterocycles. The number of hydrogen-bond acceptors (Lipinski definition) is 3. The van der Waals surface area contributed by atoms with Crippen LogP contribution in [0.4, 0.5) is 5.69 Å². The van der Waals surface area contributed by atoms with Gasteiger partial charge in [-0.05, 0) is 29.8 Å². The Hall–Kier alpha value is -2.66. The van der Waals surface area contributed by atoms with Crippen molar-refractivity contribution < 1.29 is 9.59 Å². The summed E-state index contributed by atoms with van der Waals surface area (Å²) < 4.78 is 0. The van der Waals surface area contributed by atoms with Crippen LogP contribution < -0.4 is 10.7 Å². The fourth-order valence-corrected chi connectivity index (χ4v) is 1.60. The molecule has 6 heteroatoms. The van der Waals surface area contributed by atoms with E-state index in [1.807, 2.05) is 30.3 Å². The predicted octanol–water partition coefficient (Wildman–Crippen LogP) is 2.43. The lowest BCUT2D eigenvalue weighted by Crippen LogP contribution is -2.32. The Balaban J connectivity index is 1.87. The third kappa shape index (κ3) is 4.74. The van der Waals surface area contributed by atoms with Crippen molar-refractivity contribution in [2.45, 2.75) is 0 Å². The normalized spacial score (nSPS) is 10.3. The topological polar surface area (TPSA) is 70.6 Å². The first-order valence-corrected chi connectivity index (χ1v) is 6.48. The largest absolute Gasteiger partial charge is 0.329 e. The van der Waals surface area contributed by atoms with Gasteiger partial charge in [-0.1, -0.05) is 41.9 Å². The van der Waals surface area contributed by atoms with E-state index in [1.165, 1.54) is 6.21 Å². The second kappa shape index (κ2) is 7.21. The summed E-state index contributed by atoms with van der Waals surface area (Å²) in [5.74, 6) is -1.65. The lowest BCUT2D eigenvalue weighted by molar-refractivity contribution is -0.136. The summed E-state index contributed by atoms with van der Waals surface area (Å²) in [5.41, 5.74) is 3.45. The van der Waals surface area contributed by atoms with Crippen LogP contribution in [0.5, 0.6) is 0 Å². The fourth-order valence-electron chi connectivity index (χ4n) is 1.48. The number of amides is 2. The maximum atomic E-state index is 11.6. The summed E-state index contributed by atoms with van der Waals surface area (Å²) in [4.78, 5) is 23.2. The van der Waals surface area contributed by atoms with Gasteiger partial charge in [-0.15, -0.1) is 0 Å². The first kappa shape index (κ1) is 14.7. The van der Waals surface area contributed by atoms with E-state index in [9.17, 15) is 9.59 Å². The van der Waals surface area contributed by atoms with E-state index in [2.05, 4.69) is 15.8 Å². The Morgan fingerprint density at radius 1 is 0.952 bits per heavy atom. The van der Waals surface area contributed by atoms with Crippen molar-refractivity contribution in [3.8, 4) is 0 Å². The van der Waals surface area contributed by atoms with Crippen LogP contribution in [0.3, 0.4) is 0 Å². The number of carbonyl (C=O) groups excluding carboxylic acids is 2. The minimum atomic E-state index is -0.850. The lowest BCUT2D eigenvalue weighted by Gasteiger charge is -2.03. The molecule has 21 heavy (non-hydrogen) atoms. The molecule has 2 rings (SSSR count). The zero-order valence-electron chi connectivity index (χ0n) is 10.9. The highest BCUT2D eigenvalue weighted by Gasteiger charge is 2.12. The van der Waals surface area contributed by atoms with E-state index in [0.717, 1.165) is 5.56 Å². The molecule has 2 N–H and O–H groups in total. The van der Waals surface area contributed by atoms with Crippen LogP contribution in [-0.4, -0.2) is 18.0 Å². The highest BCUT2D eigenvalue weighted by atomic mass is 35.5. The predicted molar refractivity (Wildman–Crippen MR) is 82.3 cm³/mol. The number of carbonyl (C=O) groups is 2. The molecule has 0 bridgehead atoms. The Kier molecular flexibility index (Phi) is 5.06. The average Bonchev–Trinajstić information content (AvgIpc) is 2.50. The molecule has 0 spiro atoms. The Morgan fingerprint density at radius 2 is 1.62 bits per heavy atom. The number of halogens is 1. The van der Waals surface area contributed by atoms with Gasteiger partial charge in [0.05, 0.1) is 6.21 Å². The molecular weight excluding hydrogens is 290 g/mol. The maximum Gasteiger partial charge on any atom is 0.329 e. The van der Waals surface area contributed by atoms with Gasteiger partial charge >= 0.3 is 11.8 Å². The molecule has 106 valence electrons. The van der Waals surface area contributed by atoms with Gasteiger partial charge < -0.3 is 5.32 Å². The zero-order valence-corrected chi connectivity index (χ0v) is 11.7. The molecule has 0 radical (unpaired) electrons. The van der Waals surface area contributed by atoms with Crippen molar-refractivity contribution in [1.82, 2.24) is 5.43 Å². The Bertz CT molecular complexity index is 654. The second-order valence-electron chi connectivity index (χ2n) is 4.07. The maximum absolute atomic E-state index is 11.6. The molecule has 0 aliphatic rings. The second-order valence-corrected chi connectivity index (χ2v) is 4.51. The van der Waals surface area contributed by atoms with E-state index in [0.29, 0.717) is 10.7 Å². The molecule has 5 nitrogen and oxygen atoms in total. The van der Waals surface area contributed by atoms with Crippen molar-refractivity contribution in [1.29, 1.82) is 0 Å².